The molecule has 2 aliphatic rings. The molecule has 4 heteroatoms. The molecule has 2 aliphatic heterocycles. The second-order valence-electron chi connectivity index (χ2n) is 8.55. The molecule has 0 bridgehead atoms. The van der Waals surface area contributed by atoms with Gasteiger partial charge in [-0.25, -0.2) is 0 Å². The van der Waals surface area contributed by atoms with E-state index < -0.39 is 5.60 Å². The SMILES string of the molecule is O=C(CC1CCNCC1)N1CCC(C(O)(c2ccccc2)c2ccccc2)CC1. The van der Waals surface area contributed by atoms with Gasteiger partial charge in [0.15, 0.2) is 0 Å². The van der Waals surface area contributed by atoms with E-state index in [1.54, 1.807) is 0 Å². The van der Waals surface area contributed by atoms with Crippen LogP contribution in [0.4, 0.5) is 0 Å². The third kappa shape index (κ3) is 4.39. The standard InChI is InChI=1S/C25H32N2O2/c28-24(19-20-11-15-26-16-12-20)27-17-13-23(14-18-27)25(29,21-7-3-1-4-8-21)22-9-5-2-6-10-22/h1-10,20,23,26,29H,11-19H2. The van der Waals surface area contributed by atoms with Crippen LogP contribution in [0.2, 0.25) is 0 Å². The number of rotatable bonds is 5. The zero-order chi connectivity index (χ0) is 20.1. The molecule has 2 N–H and O–H groups in total. The highest BCUT2D eigenvalue weighted by atomic mass is 16.3. The Morgan fingerprint density at radius 2 is 1.41 bits per heavy atom. The molecule has 2 fully saturated rings. The van der Waals surface area contributed by atoms with E-state index in [0.717, 1.165) is 63.0 Å². The summed E-state index contributed by atoms with van der Waals surface area (Å²) in [5, 5.41) is 15.3. The summed E-state index contributed by atoms with van der Waals surface area (Å²) in [7, 11) is 0. The fraction of sp³-hybridized carbons (Fsp3) is 0.480. The quantitative estimate of drug-likeness (QED) is 0.818. The fourth-order valence-electron chi connectivity index (χ4n) is 5.03. The van der Waals surface area contributed by atoms with Gasteiger partial charge < -0.3 is 15.3 Å². The smallest absolute Gasteiger partial charge is 0.222 e. The molecule has 2 aromatic rings. The van der Waals surface area contributed by atoms with E-state index >= 15 is 0 Å². The van der Waals surface area contributed by atoms with Crippen molar-refractivity contribution in [3.05, 3.63) is 71.8 Å². The van der Waals surface area contributed by atoms with Gasteiger partial charge in [-0.15, -0.1) is 0 Å². The summed E-state index contributed by atoms with van der Waals surface area (Å²) < 4.78 is 0. The Kier molecular flexibility index (Phi) is 6.31. The van der Waals surface area contributed by atoms with E-state index in [1.807, 2.05) is 65.6 Å². The Labute approximate surface area is 173 Å². The van der Waals surface area contributed by atoms with E-state index in [-0.39, 0.29) is 5.92 Å². The summed E-state index contributed by atoms with van der Waals surface area (Å²) in [5.41, 5.74) is 0.850. The third-order valence-corrected chi connectivity index (χ3v) is 6.79. The average molecular weight is 393 g/mol. The molecule has 4 nitrogen and oxygen atoms in total. The van der Waals surface area contributed by atoms with E-state index in [9.17, 15) is 9.90 Å². The van der Waals surface area contributed by atoms with Gasteiger partial charge >= 0.3 is 0 Å². The molecular formula is C25H32N2O2. The van der Waals surface area contributed by atoms with Crippen LogP contribution in [-0.4, -0.2) is 42.1 Å². The van der Waals surface area contributed by atoms with Gasteiger partial charge in [-0.05, 0) is 61.7 Å². The molecule has 29 heavy (non-hydrogen) atoms. The number of hydrogen-bond acceptors (Lipinski definition) is 3. The Morgan fingerprint density at radius 3 is 1.93 bits per heavy atom. The number of hydrogen-bond donors (Lipinski definition) is 2. The highest BCUT2D eigenvalue weighted by Crippen LogP contribution is 2.42. The predicted molar refractivity (Wildman–Crippen MR) is 115 cm³/mol. The minimum atomic E-state index is -1.02. The van der Waals surface area contributed by atoms with Crippen molar-refractivity contribution in [2.75, 3.05) is 26.2 Å². The van der Waals surface area contributed by atoms with Crippen LogP contribution in [0.5, 0.6) is 0 Å². The minimum absolute atomic E-state index is 0.0928. The maximum atomic E-state index is 12.8. The van der Waals surface area contributed by atoms with Crippen molar-refractivity contribution in [1.29, 1.82) is 0 Å². The Morgan fingerprint density at radius 1 is 0.897 bits per heavy atom. The van der Waals surface area contributed by atoms with Gasteiger partial charge in [-0.1, -0.05) is 60.7 Å². The molecule has 2 aromatic carbocycles. The van der Waals surface area contributed by atoms with E-state index in [0.29, 0.717) is 18.2 Å². The summed E-state index contributed by atoms with van der Waals surface area (Å²) in [6.07, 6.45) is 4.51. The maximum absolute atomic E-state index is 12.8. The van der Waals surface area contributed by atoms with Gasteiger partial charge in [-0.3, -0.25) is 4.79 Å². The number of amides is 1. The molecule has 0 spiro atoms. The first-order chi connectivity index (χ1) is 14.2. The Balaban J connectivity index is 1.46. The number of aliphatic hydroxyl groups is 1. The highest BCUT2D eigenvalue weighted by Gasteiger charge is 2.42. The summed E-state index contributed by atoms with van der Waals surface area (Å²) in [6.45, 7) is 3.52. The van der Waals surface area contributed by atoms with Crippen LogP contribution >= 0.6 is 0 Å². The van der Waals surface area contributed by atoms with E-state index in [1.165, 1.54) is 0 Å². The highest BCUT2D eigenvalue weighted by molar-refractivity contribution is 5.76. The predicted octanol–water partition coefficient (Wildman–Crippen LogP) is 3.55. The number of carbonyl (C=O) groups is 1. The van der Waals surface area contributed by atoms with Crippen molar-refractivity contribution in [2.24, 2.45) is 11.8 Å². The molecular weight excluding hydrogens is 360 g/mol. The number of likely N-dealkylation sites (tertiary alicyclic amines) is 1. The van der Waals surface area contributed by atoms with E-state index in [4.69, 9.17) is 0 Å². The van der Waals surface area contributed by atoms with Crippen LogP contribution in [0.3, 0.4) is 0 Å². The maximum Gasteiger partial charge on any atom is 0.222 e. The van der Waals surface area contributed by atoms with Crippen molar-refractivity contribution in [3.8, 4) is 0 Å². The van der Waals surface area contributed by atoms with Crippen molar-refractivity contribution < 1.29 is 9.90 Å². The summed E-state index contributed by atoms with van der Waals surface area (Å²) in [5.74, 6) is 0.903. The fourth-order valence-corrected chi connectivity index (χ4v) is 5.03. The van der Waals surface area contributed by atoms with Gasteiger partial charge in [0, 0.05) is 19.5 Å². The number of benzene rings is 2. The van der Waals surface area contributed by atoms with Crippen molar-refractivity contribution >= 4 is 5.91 Å². The molecule has 0 aliphatic carbocycles. The van der Waals surface area contributed by atoms with Crippen LogP contribution in [0.15, 0.2) is 60.7 Å². The molecule has 0 radical (unpaired) electrons. The lowest BCUT2D eigenvalue weighted by molar-refractivity contribution is -0.135. The number of carbonyl (C=O) groups excluding carboxylic acids is 1. The van der Waals surface area contributed by atoms with E-state index in [2.05, 4.69) is 5.32 Å². The van der Waals surface area contributed by atoms with Gasteiger partial charge in [0.25, 0.3) is 0 Å². The molecule has 2 saturated heterocycles. The lowest BCUT2D eigenvalue weighted by atomic mass is 9.72. The number of nitrogens with one attached hydrogen (secondary N) is 1. The van der Waals surface area contributed by atoms with Gasteiger partial charge in [-0.2, -0.15) is 0 Å². The zero-order valence-corrected chi connectivity index (χ0v) is 17.1. The monoisotopic (exact) mass is 392 g/mol. The van der Waals surface area contributed by atoms with Crippen LogP contribution < -0.4 is 5.32 Å². The lowest BCUT2D eigenvalue weighted by Gasteiger charge is -2.42. The molecule has 0 saturated carbocycles. The molecule has 0 atom stereocenters. The van der Waals surface area contributed by atoms with Gasteiger partial charge in [0.05, 0.1) is 0 Å². The second-order valence-corrected chi connectivity index (χ2v) is 8.55. The van der Waals surface area contributed by atoms with Crippen LogP contribution in [-0.2, 0) is 10.4 Å². The van der Waals surface area contributed by atoms with Crippen molar-refractivity contribution in [1.82, 2.24) is 10.2 Å². The zero-order valence-electron chi connectivity index (χ0n) is 17.1. The molecule has 0 unspecified atom stereocenters. The number of piperidine rings is 2. The summed E-state index contributed by atoms with van der Waals surface area (Å²) in [6, 6.07) is 20.0. The lowest BCUT2D eigenvalue weighted by Crippen LogP contribution is -2.46. The van der Waals surface area contributed by atoms with Crippen LogP contribution in [0, 0.1) is 11.8 Å². The van der Waals surface area contributed by atoms with Crippen LogP contribution in [0.1, 0.15) is 43.2 Å². The molecule has 0 aromatic heterocycles. The Bertz CT molecular complexity index is 739. The van der Waals surface area contributed by atoms with Crippen LogP contribution in [0.25, 0.3) is 0 Å². The first-order valence-corrected chi connectivity index (χ1v) is 11.0. The summed E-state index contributed by atoms with van der Waals surface area (Å²) >= 11 is 0. The number of nitrogens with zero attached hydrogens (tertiary/aromatic N) is 1. The van der Waals surface area contributed by atoms with Gasteiger partial charge in [0.2, 0.25) is 5.91 Å². The van der Waals surface area contributed by atoms with Crippen molar-refractivity contribution in [2.45, 2.75) is 37.7 Å². The van der Waals surface area contributed by atoms with Gasteiger partial charge in [0.1, 0.15) is 5.60 Å². The molecule has 4 rings (SSSR count). The molecule has 154 valence electrons. The topological polar surface area (TPSA) is 52.6 Å². The first kappa shape index (κ1) is 20.1. The third-order valence-electron chi connectivity index (χ3n) is 6.79. The average Bonchev–Trinajstić information content (AvgIpc) is 2.80. The first-order valence-electron chi connectivity index (χ1n) is 11.0. The minimum Gasteiger partial charge on any atom is -0.380 e. The normalized spacial score (nSPS) is 19.3. The molecule has 2 heterocycles. The summed E-state index contributed by atoms with van der Waals surface area (Å²) in [4.78, 5) is 14.8. The largest absolute Gasteiger partial charge is 0.380 e. The second kappa shape index (κ2) is 9.10. The van der Waals surface area contributed by atoms with Crippen molar-refractivity contribution in [3.63, 3.8) is 0 Å². The molecule has 1 amide bonds. The Hall–Kier alpha value is -2.17.